The highest BCUT2D eigenvalue weighted by Gasteiger charge is 2.08. The molecule has 0 aromatic heterocycles. The standard InChI is InChI=1S/C35H38N2O4/c38-34(36-30-18-7-20-32(26-30)40-24-10-16-28-12-3-1-4-13-28)22-9-23-35(39)37-31-19-8-21-33(27-31)41-25-11-17-29-14-5-2-6-15-29/h1-8,12-15,18-21,26-27H,9-11,16-17,22-25H2,(H,36,38)(H,37,39). The molecule has 0 radical (unpaired) electrons. The molecule has 6 heteroatoms. The van der Waals surface area contributed by atoms with Gasteiger partial charge in [0.25, 0.3) is 0 Å². The van der Waals surface area contributed by atoms with Gasteiger partial charge < -0.3 is 20.1 Å². The van der Waals surface area contributed by atoms with E-state index in [1.807, 2.05) is 84.9 Å². The summed E-state index contributed by atoms with van der Waals surface area (Å²) in [5, 5.41) is 5.79. The van der Waals surface area contributed by atoms with Crippen LogP contribution in [0.3, 0.4) is 0 Å². The van der Waals surface area contributed by atoms with Gasteiger partial charge in [-0.1, -0.05) is 72.8 Å². The third kappa shape index (κ3) is 11.2. The normalized spacial score (nSPS) is 10.5. The van der Waals surface area contributed by atoms with Gasteiger partial charge in [0.1, 0.15) is 11.5 Å². The summed E-state index contributed by atoms with van der Waals surface area (Å²) in [6.45, 7) is 1.20. The number of carbonyl (C=O) groups is 2. The van der Waals surface area contributed by atoms with Gasteiger partial charge in [0.05, 0.1) is 13.2 Å². The van der Waals surface area contributed by atoms with Crippen LogP contribution in [0.1, 0.15) is 43.2 Å². The van der Waals surface area contributed by atoms with Crippen molar-refractivity contribution >= 4 is 23.2 Å². The monoisotopic (exact) mass is 550 g/mol. The van der Waals surface area contributed by atoms with Crippen molar-refractivity contribution in [2.24, 2.45) is 0 Å². The number of nitrogens with one attached hydrogen (secondary N) is 2. The van der Waals surface area contributed by atoms with E-state index in [1.165, 1.54) is 11.1 Å². The van der Waals surface area contributed by atoms with Gasteiger partial charge in [-0.15, -0.1) is 0 Å². The maximum atomic E-state index is 12.4. The molecule has 0 saturated heterocycles. The van der Waals surface area contributed by atoms with Crippen molar-refractivity contribution in [3.05, 3.63) is 120 Å². The number of hydrogen-bond acceptors (Lipinski definition) is 4. The van der Waals surface area contributed by atoms with Gasteiger partial charge in [-0.2, -0.15) is 0 Å². The fourth-order valence-electron chi connectivity index (χ4n) is 4.41. The highest BCUT2D eigenvalue weighted by Crippen LogP contribution is 2.20. The minimum Gasteiger partial charge on any atom is -0.494 e. The first-order valence-electron chi connectivity index (χ1n) is 14.3. The number of aryl methyl sites for hydroxylation is 2. The highest BCUT2D eigenvalue weighted by atomic mass is 16.5. The van der Waals surface area contributed by atoms with E-state index >= 15 is 0 Å². The number of rotatable bonds is 16. The van der Waals surface area contributed by atoms with Crippen molar-refractivity contribution in [3.63, 3.8) is 0 Å². The lowest BCUT2D eigenvalue weighted by molar-refractivity contribution is -0.117. The molecule has 0 fully saturated rings. The number of amides is 2. The first kappa shape index (κ1) is 29.4. The van der Waals surface area contributed by atoms with Crippen molar-refractivity contribution in [1.29, 1.82) is 0 Å². The van der Waals surface area contributed by atoms with Crippen molar-refractivity contribution < 1.29 is 19.1 Å². The number of hydrogen-bond donors (Lipinski definition) is 2. The van der Waals surface area contributed by atoms with E-state index < -0.39 is 0 Å². The summed E-state index contributed by atoms with van der Waals surface area (Å²) in [4.78, 5) is 24.9. The quantitative estimate of drug-likeness (QED) is 0.142. The van der Waals surface area contributed by atoms with Crippen molar-refractivity contribution in [2.45, 2.75) is 44.9 Å². The molecule has 6 nitrogen and oxygen atoms in total. The average Bonchev–Trinajstić information content (AvgIpc) is 2.99. The maximum absolute atomic E-state index is 12.4. The summed E-state index contributed by atoms with van der Waals surface area (Å²) in [5.74, 6) is 1.17. The van der Waals surface area contributed by atoms with Crippen LogP contribution in [0, 0.1) is 0 Å². The second-order valence-electron chi connectivity index (χ2n) is 9.88. The molecule has 0 spiro atoms. The molecule has 0 aliphatic carbocycles. The molecule has 0 bridgehead atoms. The second kappa shape index (κ2) is 16.5. The Kier molecular flexibility index (Phi) is 11.8. The van der Waals surface area contributed by atoms with Crippen molar-refractivity contribution in [3.8, 4) is 11.5 Å². The summed E-state index contributed by atoms with van der Waals surface area (Å²) >= 11 is 0. The Morgan fingerprint density at radius 2 is 0.951 bits per heavy atom. The van der Waals surface area contributed by atoms with Crippen LogP contribution in [0.5, 0.6) is 11.5 Å². The lowest BCUT2D eigenvalue weighted by atomic mass is 10.1. The van der Waals surface area contributed by atoms with Crippen LogP contribution < -0.4 is 20.1 Å². The third-order valence-electron chi connectivity index (χ3n) is 6.49. The Hall–Kier alpha value is -4.58. The van der Waals surface area contributed by atoms with Crippen LogP contribution >= 0.6 is 0 Å². The second-order valence-corrected chi connectivity index (χ2v) is 9.88. The Morgan fingerprint density at radius 3 is 1.39 bits per heavy atom. The van der Waals surface area contributed by atoms with Gasteiger partial charge in [-0.3, -0.25) is 9.59 Å². The minimum absolute atomic E-state index is 0.134. The zero-order chi connectivity index (χ0) is 28.5. The van der Waals surface area contributed by atoms with E-state index in [2.05, 4.69) is 34.9 Å². The van der Waals surface area contributed by atoms with Crippen LogP contribution in [0.4, 0.5) is 11.4 Å². The van der Waals surface area contributed by atoms with Crippen LogP contribution in [0.2, 0.25) is 0 Å². The number of carbonyl (C=O) groups excluding carboxylic acids is 2. The molecule has 4 aromatic rings. The first-order valence-corrected chi connectivity index (χ1v) is 14.3. The Bertz CT molecular complexity index is 1250. The summed E-state index contributed by atoms with van der Waals surface area (Å²) < 4.78 is 11.7. The predicted molar refractivity (Wildman–Crippen MR) is 165 cm³/mol. The molecule has 0 unspecified atom stereocenters. The molecule has 2 N–H and O–H groups in total. The van der Waals surface area contributed by atoms with E-state index in [1.54, 1.807) is 0 Å². The fraction of sp³-hybridized carbons (Fsp3) is 0.257. The van der Waals surface area contributed by atoms with Gasteiger partial charge in [0.15, 0.2) is 0 Å². The van der Waals surface area contributed by atoms with E-state index in [4.69, 9.17) is 9.47 Å². The molecule has 4 rings (SSSR count). The summed E-state index contributed by atoms with van der Waals surface area (Å²) in [7, 11) is 0. The van der Waals surface area contributed by atoms with Gasteiger partial charge >= 0.3 is 0 Å². The van der Waals surface area contributed by atoms with E-state index in [-0.39, 0.29) is 24.7 Å². The largest absolute Gasteiger partial charge is 0.494 e. The van der Waals surface area contributed by atoms with Gasteiger partial charge in [0, 0.05) is 36.3 Å². The molecule has 41 heavy (non-hydrogen) atoms. The molecule has 0 atom stereocenters. The van der Waals surface area contributed by atoms with Crippen LogP contribution in [0.25, 0.3) is 0 Å². The molecule has 4 aromatic carbocycles. The lowest BCUT2D eigenvalue weighted by Gasteiger charge is -2.10. The molecule has 0 aliphatic heterocycles. The molecule has 212 valence electrons. The summed E-state index contributed by atoms with van der Waals surface area (Å²) in [6, 6.07) is 35.4. The molecule has 2 amide bonds. The van der Waals surface area contributed by atoms with Crippen LogP contribution in [-0.4, -0.2) is 25.0 Å². The fourth-order valence-corrected chi connectivity index (χ4v) is 4.41. The summed E-state index contributed by atoms with van der Waals surface area (Å²) in [6.07, 6.45) is 4.69. The highest BCUT2D eigenvalue weighted by molar-refractivity contribution is 5.93. The minimum atomic E-state index is -0.134. The SMILES string of the molecule is O=C(CCCC(=O)Nc1cccc(OCCCc2ccccc2)c1)Nc1cccc(OCCCc2ccccc2)c1. The van der Waals surface area contributed by atoms with E-state index in [0.29, 0.717) is 31.0 Å². The molecule has 0 aliphatic rings. The average molecular weight is 551 g/mol. The van der Waals surface area contributed by atoms with Crippen LogP contribution in [0.15, 0.2) is 109 Å². The van der Waals surface area contributed by atoms with Gasteiger partial charge in [-0.05, 0) is 67.5 Å². The van der Waals surface area contributed by atoms with Crippen molar-refractivity contribution in [1.82, 2.24) is 0 Å². The zero-order valence-electron chi connectivity index (χ0n) is 23.4. The van der Waals surface area contributed by atoms with E-state index in [0.717, 1.165) is 37.2 Å². The lowest BCUT2D eigenvalue weighted by Crippen LogP contribution is -2.15. The summed E-state index contributed by atoms with van der Waals surface area (Å²) in [5.41, 5.74) is 3.94. The molecular weight excluding hydrogens is 512 g/mol. The Balaban J connectivity index is 1.10. The molecular formula is C35H38N2O4. The topological polar surface area (TPSA) is 76.7 Å². The Morgan fingerprint density at radius 1 is 0.512 bits per heavy atom. The molecule has 0 heterocycles. The first-order chi connectivity index (χ1) is 20.1. The van der Waals surface area contributed by atoms with Crippen molar-refractivity contribution in [2.75, 3.05) is 23.8 Å². The maximum Gasteiger partial charge on any atom is 0.224 e. The third-order valence-corrected chi connectivity index (χ3v) is 6.49. The Labute approximate surface area is 242 Å². The van der Waals surface area contributed by atoms with E-state index in [9.17, 15) is 9.59 Å². The number of ether oxygens (including phenoxy) is 2. The predicted octanol–water partition coefficient (Wildman–Crippen LogP) is 7.46. The number of benzene rings is 4. The van der Waals surface area contributed by atoms with Gasteiger partial charge in [0.2, 0.25) is 11.8 Å². The van der Waals surface area contributed by atoms with Gasteiger partial charge in [-0.25, -0.2) is 0 Å². The zero-order valence-corrected chi connectivity index (χ0v) is 23.4. The molecule has 0 saturated carbocycles. The number of anilines is 2. The smallest absolute Gasteiger partial charge is 0.224 e. The van der Waals surface area contributed by atoms with Crippen LogP contribution in [-0.2, 0) is 22.4 Å².